The Labute approximate surface area is 260 Å². The number of hydrogen-bond donors (Lipinski definition) is 0. The smallest absolute Gasteiger partial charge is 0.145 e. The molecular formula is C41H28N4. The van der Waals surface area contributed by atoms with Gasteiger partial charge in [0.25, 0.3) is 0 Å². The van der Waals surface area contributed by atoms with Crippen LogP contribution in [0.25, 0.3) is 71.8 Å². The van der Waals surface area contributed by atoms with Gasteiger partial charge in [-0.05, 0) is 83.6 Å². The first-order chi connectivity index (χ1) is 22.3. The van der Waals surface area contributed by atoms with Crippen molar-refractivity contribution in [3.63, 3.8) is 0 Å². The summed E-state index contributed by atoms with van der Waals surface area (Å²) in [7, 11) is 0. The fourth-order valence-corrected chi connectivity index (χ4v) is 6.74. The van der Waals surface area contributed by atoms with Gasteiger partial charge in [0.2, 0.25) is 0 Å². The first-order valence-electron chi connectivity index (χ1n) is 15.4. The molecule has 8 aromatic rings. The van der Waals surface area contributed by atoms with Crippen LogP contribution in [0.2, 0.25) is 0 Å². The molecule has 45 heavy (non-hydrogen) atoms. The van der Waals surface area contributed by atoms with Crippen LogP contribution in [-0.2, 0) is 0 Å². The molecule has 0 atom stereocenters. The number of pyridine rings is 3. The molecule has 4 heteroatoms. The van der Waals surface area contributed by atoms with Crippen molar-refractivity contribution in [2.24, 2.45) is 0 Å². The molecule has 1 aliphatic rings. The highest BCUT2D eigenvalue weighted by Gasteiger charge is 2.16. The summed E-state index contributed by atoms with van der Waals surface area (Å²) >= 11 is 0. The zero-order chi connectivity index (χ0) is 29.7. The molecule has 4 aromatic carbocycles. The van der Waals surface area contributed by atoms with E-state index in [1.165, 1.54) is 38.6 Å². The molecule has 4 aromatic heterocycles. The summed E-state index contributed by atoms with van der Waals surface area (Å²) < 4.78 is 2.26. The molecule has 9 rings (SSSR count). The maximum atomic E-state index is 5.03. The monoisotopic (exact) mass is 576 g/mol. The number of aromatic nitrogens is 4. The maximum absolute atomic E-state index is 5.03. The third-order valence-corrected chi connectivity index (χ3v) is 9.04. The molecule has 0 N–H and O–H groups in total. The summed E-state index contributed by atoms with van der Waals surface area (Å²) in [6.45, 7) is 0. The number of benzene rings is 4. The standard InChI is InChI=1S/C41H28N4/c1-2-7-34(8-3-1)45-38-23-21-33(26-36(38)35-9-5-25-43-41(35)45)29-12-10-27(11-13-29)28-14-16-30(17-15-28)37-22-20-32-19-18-31-6-4-24-42-39(31)40(32)44-37/h1-10,12,14-26H,11,13H2. The predicted molar refractivity (Wildman–Crippen MR) is 186 cm³/mol. The molecule has 1 aliphatic carbocycles. The van der Waals surface area contributed by atoms with Gasteiger partial charge in [-0.3, -0.25) is 9.55 Å². The van der Waals surface area contributed by atoms with Gasteiger partial charge in [-0.15, -0.1) is 0 Å². The summed E-state index contributed by atoms with van der Waals surface area (Å²) in [4.78, 5) is 14.4. The third-order valence-electron chi connectivity index (χ3n) is 9.04. The minimum absolute atomic E-state index is 0.946. The lowest BCUT2D eigenvalue weighted by molar-refractivity contribution is 1.07. The number of fused-ring (bicyclic) bond motifs is 6. The molecule has 4 heterocycles. The van der Waals surface area contributed by atoms with E-state index in [0.29, 0.717) is 0 Å². The quantitative estimate of drug-likeness (QED) is 0.196. The predicted octanol–water partition coefficient (Wildman–Crippen LogP) is 10.2. The van der Waals surface area contributed by atoms with E-state index < -0.39 is 0 Å². The average molecular weight is 577 g/mol. The Morgan fingerprint density at radius 2 is 1.20 bits per heavy atom. The number of hydrogen-bond acceptors (Lipinski definition) is 3. The van der Waals surface area contributed by atoms with Crippen molar-refractivity contribution in [1.82, 2.24) is 19.5 Å². The van der Waals surface area contributed by atoms with Crippen LogP contribution in [0.3, 0.4) is 0 Å². The van der Waals surface area contributed by atoms with Gasteiger partial charge in [0.15, 0.2) is 0 Å². The highest BCUT2D eigenvalue weighted by molar-refractivity contribution is 6.09. The second kappa shape index (κ2) is 10.4. The first-order valence-corrected chi connectivity index (χ1v) is 15.4. The summed E-state index contributed by atoms with van der Waals surface area (Å²) in [6.07, 6.45) is 10.3. The van der Waals surface area contributed by atoms with Gasteiger partial charge in [0, 0.05) is 45.2 Å². The van der Waals surface area contributed by atoms with Crippen molar-refractivity contribution in [1.29, 1.82) is 0 Å². The number of para-hydroxylation sites is 1. The Morgan fingerprint density at radius 3 is 2.02 bits per heavy atom. The molecule has 0 spiro atoms. The zero-order valence-electron chi connectivity index (χ0n) is 24.6. The van der Waals surface area contributed by atoms with Crippen LogP contribution in [0, 0.1) is 0 Å². The van der Waals surface area contributed by atoms with Crippen LogP contribution in [-0.4, -0.2) is 19.5 Å². The van der Waals surface area contributed by atoms with E-state index >= 15 is 0 Å². The lowest BCUT2D eigenvalue weighted by Gasteiger charge is -2.16. The van der Waals surface area contributed by atoms with Gasteiger partial charge in [0.1, 0.15) is 5.65 Å². The second-order valence-corrected chi connectivity index (χ2v) is 11.6. The first kappa shape index (κ1) is 25.6. The molecule has 0 saturated carbocycles. The lowest BCUT2D eigenvalue weighted by atomic mass is 9.89. The fourth-order valence-electron chi connectivity index (χ4n) is 6.74. The summed E-state index contributed by atoms with van der Waals surface area (Å²) in [5, 5.41) is 4.62. The summed E-state index contributed by atoms with van der Waals surface area (Å²) in [6, 6.07) is 42.9. The van der Waals surface area contributed by atoms with Gasteiger partial charge >= 0.3 is 0 Å². The van der Waals surface area contributed by atoms with E-state index in [-0.39, 0.29) is 0 Å². The SMILES string of the molecule is C1=C(c2ccc(-c3ccc4ccc5cccnc5c4n3)cc2)CCC(c2ccc3c(c2)c2cccnc2n3-c2ccccc2)=C1. The Balaban J connectivity index is 1.03. The maximum Gasteiger partial charge on any atom is 0.145 e. The van der Waals surface area contributed by atoms with E-state index in [9.17, 15) is 0 Å². The zero-order valence-corrected chi connectivity index (χ0v) is 24.6. The molecule has 0 fully saturated rings. The van der Waals surface area contributed by atoms with Gasteiger partial charge in [-0.25, -0.2) is 9.97 Å². The lowest BCUT2D eigenvalue weighted by Crippen LogP contribution is -1.96. The van der Waals surface area contributed by atoms with Crippen molar-refractivity contribution >= 4 is 54.9 Å². The van der Waals surface area contributed by atoms with Gasteiger partial charge in [0.05, 0.1) is 22.2 Å². The average Bonchev–Trinajstić information content (AvgIpc) is 3.45. The number of rotatable bonds is 4. The van der Waals surface area contributed by atoms with Crippen molar-refractivity contribution in [2.75, 3.05) is 0 Å². The molecule has 4 nitrogen and oxygen atoms in total. The van der Waals surface area contributed by atoms with Crippen molar-refractivity contribution < 1.29 is 0 Å². The van der Waals surface area contributed by atoms with Crippen LogP contribution >= 0.6 is 0 Å². The molecular weight excluding hydrogens is 548 g/mol. The van der Waals surface area contributed by atoms with Gasteiger partial charge in [-0.1, -0.05) is 84.9 Å². The van der Waals surface area contributed by atoms with Gasteiger partial charge in [-0.2, -0.15) is 0 Å². The molecule has 0 radical (unpaired) electrons. The third kappa shape index (κ3) is 4.34. The molecule has 0 aliphatic heterocycles. The van der Waals surface area contributed by atoms with E-state index in [1.807, 2.05) is 24.5 Å². The molecule has 212 valence electrons. The van der Waals surface area contributed by atoms with Crippen LogP contribution in [0.15, 0.2) is 146 Å². The van der Waals surface area contributed by atoms with Crippen LogP contribution in [0.1, 0.15) is 24.0 Å². The molecule has 0 unspecified atom stereocenters. The van der Waals surface area contributed by atoms with E-state index in [1.54, 1.807) is 0 Å². The Kier molecular flexibility index (Phi) is 5.91. The summed E-state index contributed by atoms with van der Waals surface area (Å²) in [5.74, 6) is 0. The van der Waals surface area contributed by atoms with Crippen molar-refractivity contribution in [2.45, 2.75) is 12.8 Å². The highest BCUT2D eigenvalue weighted by atomic mass is 15.0. The second-order valence-electron chi connectivity index (χ2n) is 11.6. The Hall–Kier alpha value is -5.87. The Morgan fingerprint density at radius 1 is 0.511 bits per heavy atom. The van der Waals surface area contributed by atoms with Crippen LogP contribution in [0.5, 0.6) is 0 Å². The van der Waals surface area contributed by atoms with Gasteiger partial charge < -0.3 is 0 Å². The van der Waals surface area contributed by atoms with E-state index in [4.69, 9.17) is 9.97 Å². The fraction of sp³-hybridized carbons (Fsp3) is 0.0488. The minimum Gasteiger partial charge on any atom is -0.294 e. The molecule has 0 bridgehead atoms. The van der Waals surface area contributed by atoms with E-state index in [0.717, 1.165) is 57.2 Å². The Bertz CT molecular complexity index is 2470. The van der Waals surface area contributed by atoms with E-state index in [2.05, 4.69) is 131 Å². The van der Waals surface area contributed by atoms with Crippen LogP contribution < -0.4 is 0 Å². The topological polar surface area (TPSA) is 43.6 Å². The van der Waals surface area contributed by atoms with Crippen molar-refractivity contribution in [3.05, 3.63) is 157 Å². The molecule has 0 saturated heterocycles. The summed E-state index contributed by atoms with van der Waals surface area (Å²) in [5.41, 5.74) is 12.5. The number of allylic oxidation sites excluding steroid dienone is 4. The molecule has 0 amide bonds. The minimum atomic E-state index is 0.946. The largest absolute Gasteiger partial charge is 0.294 e. The normalized spacial score (nSPS) is 13.4. The number of nitrogens with zero attached hydrogens (tertiary/aromatic N) is 4. The highest BCUT2D eigenvalue weighted by Crippen LogP contribution is 2.37. The van der Waals surface area contributed by atoms with Crippen molar-refractivity contribution in [3.8, 4) is 16.9 Å². The van der Waals surface area contributed by atoms with Crippen LogP contribution in [0.4, 0.5) is 0 Å².